The van der Waals surface area contributed by atoms with Crippen molar-refractivity contribution in [1.29, 1.82) is 0 Å². The standard InChI is InChI=1S/C21H25NO2/c1-16-6-3-4-7-18(16)15-24-21-11-9-19(10-12-21)22-13-5-8-20(22)14-17(2)23/h3-4,6-7,9-12,20H,5,8,13-15H2,1-2H3. The van der Waals surface area contributed by atoms with E-state index >= 15 is 0 Å². The lowest BCUT2D eigenvalue weighted by atomic mass is 10.1. The zero-order valence-corrected chi connectivity index (χ0v) is 14.5. The second-order valence-corrected chi connectivity index (χ2v) is 6.60. The number of benzene rings is 2. The molecule has 1 atom stereocenters. The molecular formula is C21H25NO2. The molecule has 1 heterocycles. The van der Waals surface area contributed by atoms with Gasteiger partial charge >= 0.3 is 0 Å². The normalized spacial score (nSPS) is 17.1. The third-order valence-corrected chi connectivity index (χ3v) is 4.72. The van der Waals surface area contributed by atoms with Gasteiger partial charge in [-0.2, -0.15) is 0 Å². The molecule has 3 rings (SSSR count). The molecule has 0 aromatic heterocycles. The van der Waals surface area contributed by atoms with Gasteiger partial charge in [-0.05, 0) is 62.1 Å². The van der Waals surface area contributed by atoms with E-state index in [-0.39, 0.29) is 5.78 Å². The average Bonchev–Trinajstić information content (AvgIpc) is 3.02. The molecule has 3 heteroatoms. The second kappa shape index (κ2) is 7.52. The summed E-state index contributed by atoms with van der Waals surface area (Å²) >= 11 is 0. The zero-order valence-electron chi connectivity index (χ0n) is 14.5. The van der Waals surface area contributed by atoms with Crippen LogP contribution < -0.4 is 9.64 Å². The van der Waals surface area contributed by atoms with Crippen LogP contribution in [-0.4, -0.2) is 18.4 Å². The minimum atomic E-state index is 0.269. The highest BCUT2D eigenvalue weighted by molar-refractivity contribution is 5.77. The summed E-state index contributed by atoms with van der Waals surface area (Å²) in [6, 6.07) is 16.9. The molecule has 1 unspecified atom stereocenters. The van der Waals surface area contributed by atoms with Gasteiger partial charge in [-0.25, -0.2) is 0 Å². The summed E-state index contributed by atoms with van der Waals surface area (Å²) in [6.07, 6.45) is 2.90. The Kier molecular flexibility index (Phi) is 5.19. The van der Waals surface area contributed by atoms with Gasteiger partial charge in [0.15, 0.2) is 0 Å². The first kappa shape index (κ1) is 16.6. The monoisotopic (exact) mass is 323 g/mol. The number of ether oxygens (including phenoxy) is 1. The van der Waals surface area contributed by atoms with E-state index in [0.29, 0.717) is 19.1 Å². The van der Waals surface area contributed by atoms with E-state index in [2.05, 4.69) is 36.1 Å². The Labute approximate surface area is 144 Å². The van der Waals surface area contributed by atoms with Crippen molar-refractivity contribution in [2.45, 2.75) is 45.8 Å². The summed E-state index contributed by atoms with van der Waals surface area (Å²) in [5, 5.41) is 0. The summed E-state index contributed by atoms with van der Waals surface area (Å²) in [4.78, 5) is 13.8. The quantitative estimate of drug-likeness (QED) is 0.782. The molecule has 0 radical (unpaired) electrons. The van der Waals surface area contributed by atoms with Crippen LogP contribution in [0.25, 0.3) is 0 Å². The lowest BCUT2D eigenvalue weighted by Gasteiger charge is -2.26. The second-order valence-electron chi connectivity index (χ2n) is 6.60. The van der Waals surface area contributed by atoms with Crippen molar-refractivity contribution >= 4 is 11.5 Å². The Hall–Kier alpha value is -2.29. The van der Waals surface area contributed by atoms with Gasteiger partial charge in [-0.15, -0.1) is 0 Å². The molecule has 126 valence electrons. The molecular weight excluding hydrogens is 298 g/mol. The number of ketones is 1. The van der Waals surface area contributed by atoms with Gasteiger partial charge in [0.05, 0.1) is 0 Å². The van der Waals surface area contributed by atoms with Crippen molar-refractivity contribution in [3.63, 3.8) is 0 Å². The van der Waals surface area contributed by atoms with Crippen LogP contribution in [0.15, 0.2) is 48.5 Å². The first-order chi connectivity index (χ1) is 11.6. The third kappa shape index (κ3) is 3.97. The smallest absolute Gasteiger partial charge is 0.131 e. The van der Waals surface area contributed by atoms with Crippen molar-refractivity contribution in [3.8, 4) is 5.75 Å². The van der Waals surface area contributed by atoms with Gasteiger partial charge < -0.3 is 9.64 Å². The summed E-state index contributed by atoms with van der Waals surface area (Å²) in [7, 11) is 0. The van der Waals surface area contributed by atoms with Gasteiger partial charge in [-0.3, -0.25) is 4.79 Å². The van der Waals surface area contributed by atoms with Crippen molar-refractivity contribution in [3.05, 3.63) is 59.7 Å². The predicted octanol–water partition coefficient (Wildman–Crippen LogP) is 4.52. The summed E-state index contributed by atoms with van der Waals surface area (Å²) in [5.74, 6) is 1.15. The molecule has 0 aliphatic carbocycles. The van der Waals surface area contributed by atoms with Crippen molar-refractivity contribution in [2.24, 2.45) is 0 Å². The van der Waals surface area contributed by atoms with Crippen LogP contribution in [0.4, 0.5) is 5.69 Å². The topological polar surface area (TPSA) is 29.5 Å². The molecule has 3 nitrogen and oxygen atoms in total. The summed E-state index contributed by atoms with van der Waals surface area (Å²) < 4.78 is 5.91. The van der Waals surface area contributed by atoms with Crippen LogP contribution in [0.5, 0.6) is 5.75 Å². The molecule has 24 heavy (non-hydrogen) atoms. The van der Waals surface area contributed by atoms with Crippen molar-refractivity contribution in [1.82, 2.24) is 0 Å². The van der Waals surface area contributed by atoms with Gasteiger partial charge in [0, 0.05) is 24.7 Å². The van der Waals surface area contributed by atoms with E-state index in [0.717, 1.165) is 25.1 Å². The Bertz CT molecular complexity index is 693. The van der Waals surface area contributed by atoms with Crippen LogP contribution in [0.3, 0.4) is 0 Å². The number of hydrogen-bond donors (Lipinski definition) is 0. The average molecular weight is 323 g/mol. The van der Waals surface area contributed by atoms with Gasteiger partial charge in [0.1, 0.15) is 18.1 Å². The van der Waals surface area contributed by atoms with Crippen LogP contribution in [-0.2, 0) is 11.4 Å². The largest absolute Gasteiger partial charge is 0.489 e. The number of hydrogen-bond acceptors (Lipinski definition) is 3. The fourth-order valence-electron chi connectivity index (χ4n) is 3.39. The minimum Gasteiger partial charge on any atom is -0.489 e. The fraction of sp³-hybridized carbons (Fsp3) is 0.381. The molecule has 0 spiro atoms. The lowest BCUT2D eigenvalue weighted by molar-refractivity contribution is -0.117. The zero-order chi connectivity index (χ0) is 16.9. The lowest BCUT2D eigenvalue weighted by Crippen LogP contribution is -2.30. The molecule has 1 saturated heterocycles. The number of anilines is 1. The highest BCUT2D eigenvalue weighted by atomic mass is 16.5. The maximum atomic E-state index is 11.4. The van der Waals surface area contributed by atoms with E-state index in [1.807, 2.05) is 24.3 Å². The van der Waals surface area contributed by atoms with E-state index in [9.17, 15) is 4.79 Å². The van der Waals surface area contributed by atoms with E-state index in [4.69, 9.17) is 4.74 Å². The van der Waals surface area contributed by atoms with E-state index in [1.54, 1.807) is 6.92 Å². The summed E-state index contributed by atoms with van der Waals surface area (Å²) in [5.41, 5.74) is 3.64. The first-order valence-electron chi connectivity index (χ1n) is 8.67. The van der Waals surface area contributed by atoms with Crippen LogP contribution in [0.1, 0.15) is 37.3 Å². The first-order valence-corrected chi connectivity index (χ1v) is 8.67. The van der Waals surface area contributed by atoms with Crippen LogP contribution in [0, 0.1) is 6.92 Å². The predicted molar refractivity (Wildman–Crippen MR) is 97.6 cm³/mol. The molecule has 0 saturated carbocycles. The van der Waals surface area contributed by atoms with Crippen LogP contribution >= 0.6 is 0 Å². The molecule has 1 aliphatic heterocycles. The molecule has 2 aromatic carbocycles. The molecule has 1 fully saturated rings. The van der Waals surface area contributed by atoms with Gasteiger partial charge in [0.2, 0.25) is 0 Å². The Morgan fingerprint density at radius 3 is 2.62 bits per heavy atom. The van der Waals surface area contributed by atoms with Crippen molar-refractivity contribution in [2.75, 3.05) is 11.4 Å². The SMILES string of the molecule is CC(=O)CC1CCCN1c1ccc(OCc2ccccc2C)cc1. The number of carbonyl (C=O) groups is 1. The molecule has 2 aromatic rings. The van der Waals surface area contributed by atoms with E-state index in [1.165, 1.54) is 16.8 Å². The maximum absolute atomic E-state index is 11.4. The number of carbonyl (C=O) groups excluding carboxylic acids is 1. The number of aryl methyl sites for hydroxylation is 1. The Morgan fingerprint density at radius 2 is 1.92 bits per heavy atom. The van der Waals surface area contributed by atoms with Gasteiger partial charge in [0.25, 0.3) is 0 Å². The van der Waals surface area contributed by atoms with Crippen molar-refractivity contribution < 1.29 is 9.53 Å². The van der Waals surface area contributed by atoms with Gasteiger partial charge in [-0.1, -0.05) is 24.3 Å². The number of rotatable bonds is 6. The summed E-state index contributed by atoms with van der Waals surface area (Å²) in [6.45, 7) is 5.40. The number of Topliss-reactive ketones (excluding diaryl/α,β-unsaturated/α-hetero) is 1. The molecule has 0 bridgehead atoms. The Morgan fingerprint density at radius 1 is 1.17 bits per heavy atom. The maximum Gasteiger partial charge on any atom is 0.131 e. The van der Waals surface area contributed by atoms with Crippen LogP contribution in [0.2, 0.25) is 0 Å². The highest BCUT2D eigenvalue weighted by Crippen LogP contribution is 2.29. The third-order valence-electron chi connectivity index (χ3n) is 4.72. The Balaban J connectivity index is 1.63. The minimum absolute atomic E-state index is 0.269. The molecule has 0 N–H and O–H groups in total. The number of nitrogens with zero attached hydrogens (tertiary/aromatic N) is 1. The fourth-order valence-corrected chi connectivity index (χ4v) is 3.39. The van der Waals surface area contributed by atoms with E-state index < -0.39 is 0 Å². The molecule has 1 aliphatic rings. The highest BCUT2D eigenvalue weighted by Gasteiger charge is 2.25. The molecule has 0 amide bonds.